The van der Waals surface area contributed by atoms with E-state index in [9.17, 15) is 13.2 Å². The lowest BCUT2D eigenvalue weighted by molar-refractivity contribution is 0.0953. The Kier molecular flexibility index (Phi) is 6.76. The number of nitrogens with one attached hydrogen (secondary N) is 3. The maximum atomic E-state index is 12.6. The van der Waals surface area contributed by atoms with Gasteiger partial charge in [-0.05, 0) is 75.3 Å². The van der Waals surface area contributed by atoms with Crippen LogP contribution in [0, 0.1) is 13.8 Å². The molecule has 2 rings (SSSR count). The topological polar surface area (TPSA) is 87.3 Å². The van der Waals surface area contributed by atoms with E-state index < -0.39 is 10.0 Å². The van der Waals surface area contributed by atoms with Gasteiger partial charge in [-0.1, -0.05) is 12.1 Å². The van der Waals surface area contributed by atoms with Crippen molar-refractivity contribution >= 4 is 21.6 Å². The van der Waals surface area contributed by atoms with Crippen LogP contribution in [0.15, 0.2) is 47.4 Å². The summed E-state index contributed by atoms with van der Waals surface area (Å²) < 4.78 is 27.8. The Morgan fingerprint density at radius 2 is 1.69 bits per heavy atom. The number of amides is 1. The number of carbonyl (C=O) groups is 1. The number of hydrogen-bond acceptors (Lipinski definition) is 4. The minimum absolute atomic E-state index is 0.176. The van der Waals surface area contributed by atoms with Gasteiger partial charge in [-0.3, -0.25) is 9.52 Å². The van der Waals surface area contributed by atoms with Gasteiger partial charge in [0.05, 0.1) is 4.90 Å². The third kappa shape index (κ3) is 5.31. The van der Waals surface area contributed by atoms with Crippen LogP contribution in [0.5, 0.6) is 0 Å². The molecule has 0 bridgehead atoms. The largest absolute Gasteiger partial charge is 0.352 e. The second kappa shape index (κ2) is 8.82. The first kappa shape index (κ1) is 19.9. The van der Waals surface area contributed by atoms with E-state index in [-0.39, 0.29) is 10.8 Å². The summed E-state index contributed by atoms with van der Waals surface area (Å²) >= 11 is 0. The zero-order valence-electron chi connectivity index (χ0n) is 15.3. The van der Waals surface area contributed by atoms with Crippen molar-refractivity contribution in [3.63, 3.8) is 0 Å². The van der Waals surface area contributed by atoms with Crippen molar-refractivity contribution in [2.75, 3.05) is 24.9 Å². The highest BCUT2D eigenvalue weighted by molar-refractivity contribution is 7.92. The predicted octanol–water partition coefficient (Wildman–Crippen LogP) is 2.44. The van der Waals surface area contributed by atoms with Gasteiger partial charge in [0.25, 0.3) is 15.9 Å². The van der Waals surface area contributed by atoms with Crippen LogP contribution in [0.4, 0.5) is 5.69 Å². The van der Waals surface area contributed by atoms with Crippen molar-refractivity contribution in [1.29, 1.82) is 0 Å². The summed E-state index contributed by atoms with van der Waals surface area (Å²) in [6.45, 7) is 5.03. The zero-order valence-corrected chi connectivity index (χ0v) is 16.1. The molecule has 2 aromatic rings. The first-order valence-electron chi connectivity index (χ1n) is 8.46. The highest BCUT2D eigenvalue weighted by atomic mass is 32.2. The SMILES string of the molecule is CNCCCNC(=O)c1ccc(NS(=O)(=O)c2cc(C)ccc2C)cc1. The van der Waals surface area contributed by atoms with Crippen LogP contribution in [0.2, 0.25) is 0 Å². The van der Waals surface area contributed by atoms with Gasteiger partial charge in [0.15, 0.2) is 0 Å². The van der Waals surface area contributed by atoms with E-state index in [2.05, 4.69) is 15.4 Å². The molecule has 0 fully saturated rings. The highest BCUT2D eigenvalue weighted by Crippen LogP contribution is 2.21. The molecule has 140 valence electrons. The molecule has 0 aliphatic carbocycles. The molecule has 0 saturated carbocycles. The number of sulfonamides is 1. The summed E-state index contributed by atoms with van der Waals surface area (Å²) in [5.41, 5.74) is 2.46. The number of anilines is 1. The molecule has 0 aliphatic heterocycles. The molecule has 6 nitrogen and oxygen atoms in total. The van der Waals surface area contributed by atoms with Gasteiger partial charge in [0, 0.05) is 17.8 Å². The van der Waals surface area contributed by atoms with Gasteiger partial charge in [-0.15, -0.1) is 0 Å². The van der Waals surface area contributed by atoms with E-state index >= 15 is 0 Å². The van der Waals surface area contributed by atoms with Crippen LogP contribution in [0.1, 0.15) is 27.9 Å². The average molecular weight is 375 g/mol. The fourth-order valence-corrected chi connectivity index (χ4v) is 3.86. The number of hydrogen-bond donors (Lipinski definition) is 3. The van der Waals surface area contributed by atoms with Crippen molar-refractivity contribution in [3.8, 4) is 0 Å². The Morgan fingerprint density at radius 3 is 2.35 bits per heavy atom. The molecule has 0 atom stereocenters. The second-order valence-corrected chi connectivity index (χ2v) is 7.82. The van der Waals surface area contributed by atoms with Gasteiger partial charge < -0.3 is 10.6 Å². The molecule has 7 heteroatoms. The van der Waals surface area contributed by atoms with Crippen LogP contribution in [-0.4, -0.2) is 34.5 Å². The summed E-state index contributed by atoms with van der Waals surface area (Å²) in [4.78, 5) is 12.3. The van der Waals surface area contributed by atoms with E-state index in [0.29, 0.717) is 23.4 Å². The van der Waals surface area contributed by atoms with Crippen LogP contribution in [0.25, 0.3) is 0 Å². The zero-order chi connectivity index (χ0) is 19.2. The molecule has 0 spiro atoms. The fourth-order valence-electron chi connectivity index (χ4n) is 2.47. The Morgan fingerprint density at radius 1 is 1.00 bits per heavy atom. The van der Waals surface area contributed by atoms with Crippen molar-refractivity contribution in [1.82, 2.24) is 10.6 Å². The molecule has 0 heterocycles. The molecule has 1 amide bonds. The Hall–Kier alpha value is -2.38. The Bertz CT molecular complexity index is 862. The van der Waals surface area contributed by atoms with Crippen LogP contribution in [0.3, 0.4) is 0 Å². The number of carbonyl (C=O) groups excluding carboxylic acids is 1. The lowest BCUT2D eigenvalue weighted by Gasteiger charge is -2.12. The molecule has 26 heavy (non-hydrogen) atoms. The van der Waals surface area contributed by atoms with E-state index in [1.807, 2.05) is 20.0 Å². The van der Waals surface area contributed by atoms with Crippen molar-refractivity contribution < 1.29 is 13.2 Å². The third-order valence-corrected chi connectivity index (χ3v) is 5.44. The molecule has 0 unspecified atom stereocenters. The van der Waals surface area contributed by atoms with Crippen LogP contribution in [-0.2, 0) is 10.0 Å². The average Bonchev–Trinajstić information content (AvgIpc) is 2.61. The maximum Gasteiger partial charge on any atom is 0.262 e. The predicted molar refractivity (Wildman–Crippen MR) is 104 cm³/mol. The molecular formula is C19H25N3O3S. The first-order valence-corrected chi connectivity index (χ1v) is 9.95. The fraction of sp³-hybridized carbons (Fsp3) is 0.316. The normalized spacial score (nSPS) is 11.2. The molecular weight excluding hydrogens is 350 g/mol. The van der Waals surface area contributed by atoms with E-state index in [1.165, 1.54) is 0 Å². The van der Waals surface area contributed by atoms with Gasteiger partial charge in [0.1, 0.15) is 0 Å². The van der Waals surface area contributed by atoms with Crippen LogP contribution < -0.4 is 15.4 Å². The van der Waals surface area contributed by atoms with Gasteiger partial charge in [0.2, 0.25) is 0 Å². The second-order valence-electron chi connectivity index (χ2n) is 6.16. The number of benzene rings is 2. The molecule has 0 aromatic heterocycles. The standard InChI is InChI=1S/C19H25N3O3S/c1-14-5-6-15(2)18(13-14)26(24,25)22-17-9-7-16(8-10-17)19(23)21-12-4-11-20-3/h5-10,13,20,22H,4,11-12H2,1-3H3,(H,21,23). The molecule has 0 saturated heterocycles. The first-order chi connectivity index (χ1) is 12.3. The quantitative estimate of drug-likeness (QED) is 0.619. The minimum Gasteiger partial charge on any atom is -0.352 e. The van der Waals surface area contributed by atoms with Crippen molar-refractivity contribution in [3.05, 3.63) is 59.2 Å². The highest BCUT2D eigenvalue weighted by Gasteiger charge is 2.17. The Balaban J connectivity index is 2.06. The van der Waals surface area contributed by atoms with Gasteiger partial charge >= 0.3 is 0 Å². The molecule has 3 N–H and O–H groups in total. The minimum atomic E-state index is -3.68. The van der Waals surface area contributed by atoms with Crippen LogP contribution >= 0.6 is 0 Å². The summed E-state index contributed by atoms with van der Waals surface area (Å²) in [6, 6.07) is 11.7. The van der Waals surface area contributed by atoms with Gasteiger partial charge in [-0.25, -0.2) is 8.42 Å². The van der Waals surface area contributed by atoms with E-state index in [1.54, 1.807) is 43.3 Å². The smallest absolute Gasteiger partial charge is 0.262 e. The monoisotopic (exact) mass is 375 g/mol. The summed E-state index contributed by atoms with van der Waals surface area (Å²) in [5.74, 6) is -0.176. The third-order valence-electron chi connectivity index (χ3n) is 3.92. The maximum absolute atomic E-state index is 12.6. The lowest BCUT2D eigenvalue weighted by Crippen LogP contribution is -2.26. The van der Waals surface area contributed by atoms with Gasteiger partial charge in [-0.2, -0.15) is 0 Å². The van der Waals surface area contributed by atoms with E-state index in [4.69, 9.17) is 0 Å². The molecule has 2 aromatic carbocycles. The van der Waals surface area contributed by atoms with Crippen molar-refractivity contribution in [2.24, 2.45) is 0 Å². The molecule has 0 aliphatic rings. The summed E-state index contributed by atoms with van der Waals surface area (Å²) in [5, 5.41) is 5.84. The molecule has 0 radical (unpaired) electrons. The summed E-state index contributed by atoms with van der Waals surface area (Å²) in [6.07, 6.45) is 0.843. The lowest BCUT2D eigenvalue weighted by atomic mass is 10.2. The number of rotatable bonds is 8. The van der Waals surface area contributed by atoms with Crippen molar-refractivity contribution in [2.45, 2.75) is 25.2 Å². The van der Waals surface area contributed by atoms with E-state index in [0.717, 1.165) is 18.5 Å². The number of aryl methyl sites for hydroxylation is 2. The Labute approximate surface area is 155 Å². The summed E-state index contributed by atoms with van der Waals surface area (Å²) in [7, 11) is -1.82.